The zero-order valence-corrected chi connectivity index (χ0v) is 10.2. The van der Waals surface area contributed by atoms with Crippen LogP contribution in [0.4, 0.5) is 13.2 Å². The molecule has 1 aromatic rings. The van der Waals surface area contributed by atoms with Gasteiger partial charge in [-0.15, -0.1) is 0 Å². The second-order valence-electron chi connectivity index (χ2n) is 4.58. The minimum atomic E-state index is -4.53. The average Bonchev–Trinajstić information content (AvgIpc) is 3.09. The molecule has 0 saturated heterocycles. The maximum atomic E-state index is 12.9. The summed E-state index contributed by atoms with van der Waals surface area (Å²) in [6.45, 7) is 0. The minimum Gasteiger partial charge on any atom is -0.391 e. The summed E-state index contributed by atoms with van der Waals surface area (Å²) in [5.74, 6) is 0.0109. The summed E-state index contributed by atoms with van der Waals surface area (Å²) in [4.78, 5) is 0. The van der Waals surface area contributed by atoms with Crippen molar-refractivity contribution in [2.24, 2.45) is 11.7 Å². The summed E-state index contributed by atoms with van der Waals surface area (Å²) < 4.78 is 38.6. The first-order valence-electron chi connectivity index (χ1n) is 5.61. The van der Waals surface area contributed by atoms with E-state index in [-0.39, 0.29) is 16.5 Å². The third-order valence-electron chi connectivity index (χ3n) is 3.15. The maximum absolute atomic E-state index is 12.9. The molecule has 18 heavy (non-hydrogen) atoms. The van der Waals surface area contributed by atoms with Gasteiger partial charge in [-0.1, -0.05) is 17.7 Å². The van der Waals surface area contributed by atoms with Crippen molar-refractivity contribution in [3.8, 4) is 0 Å². The van der Waals surface area contributed by atoms with Gasteiger partial charge < -0.3 is 10.8 Å². The molecule has 0 heterocycles. The van der Waals surface area contributed by atoms with E-state index in [1.165, 1.54) is 12.1 Å². The van der Waals surface area contributed by atoms with Crippen molar-refractivity contribution in [3.63, 3.8) is 0 Å². The molecule has 1 aromatic carbocycles. The van der Waals surface area contributed by atoms with Crippen LogP contribution in [0.5, 0.6) is 0 Å². The summed E-state index contributed by atoms with van der Waals surface area (Å²) >= 11 is 5.58. The standard InChI is InChI=1S/C12H13ClF3NO/c13-7-3-4-8(9(5-7)12(14,15)16)10(17)11(18)6-1-2-6/h3-6,10-11,18H,1-2,17H2/t10-,11+/m0/s1. The van der Waals surface area contributed by atoms with Crippen LogP contribution in [0.2, 0.25) is 5.02 Å². The van der Waals surface area contributed by atoms with Crippen LogP contribution < -0.4 is 5.73 Å². The topological polar surface area (TPSA) is 46.2 Å². The Labute approximate surface area is 108 Å². The molecule has 0 amide bonds. The molecule has 100 valence electrons. The van der Waals surface area contributed by atoms with Crippen molar-refractivity contribution >= 4 is 11.6 Å². The van der Waals surface area contributed by atoms with Gasteiger partial charge in [-0.3, -0.25) is 0 Å². The van der Waals surface area contributed by atoms with Crippen LogP contribution in [0.25, 0.3) is 0 Å². The van der Waals surface area contributed by atoms with E-state index in [2.05, 4.69) is 0 Å². The Hall–Kier alpha value is -0.780. The van der Waals surface area contributed by atoms with Crippen LogP contribution in [0, 0.1) is 5.92 Å². The molecule has 0 aromatic heterocycles. The largest absolute Gasteiger partial charge is 0.416 e. The highest BCUT2D eigenvalue weighted by molar-refractivity contribution is 6.30. The Bertz CT molecular complexity index is 445. The third-order valence-corrected chi connectivity index (χ3v) is 3.39. The number of hydrogen-bond donors (Lipinski definition) is 2. The van der Waals surface area contributed by atoms with E-state index in [0.717, 1.165) is 18.9 Å². The zero-order valence-electron chi connectivity index (χ0n) is 9.41. The highest BCUT2D eigenvalue weighted by Crippen LogP contribution is 2.41. The lowest BCUT2D eigenvalue weighted by molar-refractivity contribution is -0.138. The van der Waals surface area contributed by atoms with Gasteiger partial charge in [-0.2, -0.15) is 13.2 Å². The fourth-order valence-electron chi connectivity index (χ4n) is 1.98. The SMILES string of the molecule is N[C@@H](c1ccc(Cl)cc1C(F)(F)F)[C@H](O)C1CC1. The van der Waals surface area contributed by atoms with Crippen molar-refractivity contribution in [2.75, 3.05) is 0 Å². The highest BCUT2D eigenvalue weighted by Gasteiger charge is 2.39. The molecule has 1 fully saturated rings. The van der Waals surface area contributed by atoms with E-state index in [4.69, 9.17) is 17.3 Å². The molecule has 1 saturated carbocycles. The first kappa shape index (κ1) is 13.6. The van der Waals surface area contributed by atoms with E-state index in [0.29, 0.717) is 0 Å². The van der Waals surface area contributed by atoms with Crippen molar-refractivity contribution in [1.82, 2.24) is 0 Å². The van der Waals surface area contributed by atoms with Gasteiger partial charge in [0.25, 0.3) is 0 Å². The second kappa shape index (κ2) is 4.72. The maximum Gasteiger partial charge on any atom is 0.416 e. The molecule has 0 radical (unpaired) electrons. The molecule has 1 aliphatic rings. The number of alkyl halides is 3. The van der Waals surface area contributed by atoms with E-state index >= 15 is 0 Å². The smallest absolute Gasteiger partial charge is 0.391 e. The van der Waals surface area contributed by atoms with Gasteiger partial charge in [0, 0.05) is 5.02 Å². The highest BCUT2D eigenvalue weighted by atomic mass is 35.5. The molecular formula is C12H13ClF3NO. The summed E-state index contributed by atoms with van der Waals surface area (Å²) in [5.41, 5.74) is 4.76. The van der Waals surface area contributed by atoms with Crippen LogP contribution >= 0.6 is 11.6 Å². The van der Waals surface area contributed by atoms with Crippen LogP contribution in [0.3, 0.4) is 0 Å². The molecule has 0 bridgehead atoms. The molecule has 0 aliphatic heterocycles. The normalized spacial score (nSPS) is 19.7. The van der Waals surface area contributed by atoms with E-state index < -0.39 is 23.9 Å². The van der Waals surface area contributed by atoms with E-state index in [1.807, 2.05) is 0 Å². The number of rotatable bonds is 3. The van der Waals surface area contributed by atoms with Gasteiger partial charge in [0.1, 0.15) is 0 Å². The molecular weight excluding hydrogens is 267 g/mol. The van der Waals surface area contributed by atoms with Crippen molar-refractivity contribution in [3.05, 3.63) is 34.3 Å². The summed E-state index contributed by atoms with van der Waals surface area (Å²) in [6.07, 6.45) is -3.85. The summed E-state index contributed by atoms with van der Waals surface area (Å²) in [6, 6.07) is 2.40. The number of halogens is 4. The van der Waals surface area contributed by atoms with Crippen LogP contribution in [0.15, 0.2) is 18.2 Å². The Morgan fingerprint density at radius 2 is 1.94 bits per heavy atom. The molecule has 3 N–H and O–H groups in total. The Morgan fingerprint density at radius 3 is 2.44 bits per heavy atom. The lowest BCUT2D eigenvalue weighted by atomic mass is 9.94. The average molecular weight is 280 g/mol. The first-order chi connectivity index (χ1) is 8.30. The number of benzene rings is 1. The van der Waals surface area contributed by atoms with Crippen LogP contribution in [-0.4, -0.2) is 11.2 Å². The number of nitrogens with two attached hydrogens (primary N) is 1. The molecule has 2 atom stereocenters. The van der Waals surface area contributed by atoms with Gasteiger partial charge in [0.15, 0.2) is 0 Å². The molecule has 0 unspecified atom stereocenters. The van der Waals surface area contributed by atoms with Crippen LogP contribution in [0.1, 0.15) is 30.0 Å². The van der Waals surface area contributed by atoms with Gasteiger partial charge in [0.2, 0.25) is 0 Å². The predicted octanol–water partition coefficient (Wildman–Crippen LogP) is 3.13. The molecule has 2 nitrogen and oxygen atoms in total. The number of aliphatic hydroxyl groups excluding tert-OH is 1. The van der Waals surface area contributed by atoms with Gasteiger partial charge in [-0.05, 0) is 36.5 Å². The quantitative estimate of drug-likeness (QED) is 0.893. The van der Waals surface area contributed by atoms with E-state index in [1.54, 1.807) is 0 Å². The van der Waals surface area contributed by atoms with Gasteiger partial charge in [-0.25, -0.2) is 0 Å². The number of aliphatic hydroxyl groups is 1. The third kappa shape index (κ3) is 2.79. The first-order valence-corrected chi connectivity index (χ1v) is 5.99. The fraction of sp³-hybridized carbons (Fsp3) is 0.500. The lowest BCUT2D eigenvalue weighted by Crippen LogP contribution is -2.30. The fourth-order valence-corrected chi connectivity index (χ4v) is 2.15. The van der Waals surface area contributed by atoms with Crippen LogP contribution in [-0.2, 0) is 6.18 Å². The van der Waals surface area contributed by atoms with Gasteiger partial charge in [0.05, 0.1) is 17.7 Å². The molecule has 1 aliphatic carbocycles. The van der Waals surface area contributed by atoms with Gasteiger partial charge >= 0.3 is 6.18 Å². The van der Waals surface area contributed by atoms with E-state index in [9.17, 15) is 18.3 Å². The molecule has 0 spiro atoms. The molecule has 6 heteroatoms. The van der Waals surface area contributed by atoms with Crippen molar-refractivity contribution in [1.29, 1.82) is 0 Å². The number of hydrogen-bond acceptors (Lipinski definition) is 2. The minimum absolute atomic E-state index is 0.000753. The Kier molecular flexibility index (Phi) is 3.58. The lowest BCUT2D eigenvalue weighted by Gasteiger charge is -2.22. The zero-order chi connectivity index (χ0) is 13.5. The Morgan fingerprint density at radius 1 is 1.33 bits per heavy atom. The summed E-state index contributed by atoms with van der Waals surface area (Å²) in [7, 11) is 0. The molecule has 2 rings (SSSR count). The predicted molar refractivity (Wildman–Crippen MR) is 62.1 cm³/mol. The monoisotopic (exact) mass is 279 g/mol. The van der Waals surface area contributed by atoms with Crippen molar-refractivity contribution < 1.29 is 18.3 Å². The Balaban J connectivity index is 2.36. The summed E-state index contributed by atoms with van der Waals surface area (Å²) in [5, 5.41) is 9.84. The van der Waals surface area contributed by atoms with Crippen molar-refractivity contribution in [2.45, 2.75) is 31.2 Å². The second-order valence-corrected chi connectivity index (χ2v) is 5.02.